The number of benzene rings is 1. The number of thioether (sulfide) groups is 1. The van der Waals surface area contributed by atoms with E-state index in [-0.39, 0.29) is 11.8 Å². The van der Waals surface area contributed by atoms with E-state index < -0.39 is 4.92 Å². The van der Waals surface area contributed by atoms with E-state index in [2.05, 4.69) is 10.3 Å². The van der Waals surface area contributed by atoms with Gasteiger partial charge in [-0.05, 0) is 42.1 Å². The SMILES string of the molecule is O=C1NC(=Nc2ccccc2Cl)S/C1=C/C=C/c1ccc([N+](=O)[O-])o1. The number of rotatable bonds is 4. The Labute approximate surface area is 151 Å². The molecule has 0 bridgehead atoms. The van der Waals surface area contributed by atoms with Crippen LogP contribution in [-0.4, -0.2) is 16.0 Å². The van der Waals surface area contributed by atoms with E-state index in [1.165, 1.54) is 30.0 Å². The number of carbonyl (C=O) groups is 1. The first-order chi connectivity index (χ1) is 12.0. The van der Waals surface area contributed by atoms with Crippen molar-refractivity contribution < 1.29 is 14.1 Å². The zero-order chi connectivity index (χ0) is 17.8. The lowest BCUT2D eigenvalue weighted by Gasteiger charge is -1.98. The smallest absolute Gasteiger partial charge is 0.401 e. The third kappa shape index (κ3) is 4.17. The number of amidine groups is 1. The van der Waals surface area contributed by atoms with Gasteiger partial charge in [-0.1, -0.05) is 29.8 Å². The summed E-state index contributed by atoms with van der Waals surface area (Å²) in [6.45, 7) is 0. The van der Waals surface area contributed by atoms with Crippen molar-refractivity contribution in [3.8, 4) is 0 Å². The lowest BCUT2D eigenvalue weighted by Crippen LogP contribution is -2.19. The predicted molar refractivity (Wildman–Crippen MR) is 96.8 cm³/mol. The maximum atomic E-state index is 11.9. The Balaban J connectivity index is 1.71. The lowest BCUT2D eigenvalue weighted by atomic mass is 10.3. The van der Waals surface area contributed by atoms with E-state index in [1.54, 1.807) is 36.4 Å². The second-order valence-corrected chi connectivity index (χ2v) is 6.19. The highest BCUT2D eigenvalue weighted by Crippen LogP contribution is 2.29. The molecule has 2 heterocycles. The predicted octanol–water partition coefficient (Wildman–Crippen LogP) is 4.29. The molecule has 1 N–H and O–H groups in total. The van der Waals surface area contributed by atoms with Crippen LogP contribution in [-0.2, 0) is 4.79 Å². The minimum atomic E-state index is -0.618. The van der Waals surface area contributed by atoms with Crippen LogP contribution >= 0.6 is 23.4 Å². The summed E-state index contributed by atoms with van der Waals surface area (Å²) in [5.74, 6) is -0.308. The average molecular weight is 376 g/mol. The number of allylic oxidation sites excluding steroid dienone is 2. The van der Waals surface area contributed by atoms with Crippen LogP contribution in [0.3, 0.4) is 0 Å². The number of halogens is 1. The van der Waals surface area contributed by atoms with Crippen molar-refractivity contribution in [3.63, 3.8) is 0 Å². The molecule has 0 aliphatic carbocycles. The topological polar surface area (TPSA) is 97.7 Å². The van der Waals surface area contributed by atoms with Gasteiger partial charge in [0.25, 0.3) is 5.91 Å². The largest absolute Gasteiger partial charge is 0.433 e. The summed E-state index contributed by atoms with van der Waals surface area (Å²) >= 11 is 7.21. The second kappa shape index (κ2) is 7.37. The number of nitrogens with one attached hydrogen (secondary N) is 1. The molecule has 7 nitrogen and oxygen atoms in total. The molecule has 0 saturated carbocycles. The van der Waals surface area contributed by atoms with E-state index in [9.17, 15) is 14.9 Å². The first kappa shape index (κ1) is 17.0. The number of aliphatic imine (C=N–C) groups is 1. The Bertz CT molecular complexity index is 933. The quantitative estimate of drug-likeness (QED) is 0.488. The Morgan fingerprint density at radius 2 is 2.08 bits per heavy atom. The maximum Gasteiger partial charge on any atom is 0.433 e. The van der Waals surface area contributed by atoms with E-state index in [0.29, 0.717) is 26.5 Å². The molecule has 1 aliphatic rings. The number of nitro groups is 1. The maximum absolute atomic E-state index is 11.9. The first-order valence-electron chi connectivity index (χ1n) is 6.98. The fourth-order valence-corrected chi connectivity index (χ4v) is 2.87. The minimum Gasteiger partial charge on any atom is -0.401 e. The van der Waals surface area contributed by atoms with Gasteiger partial charge in [0.15, 0.2) is 5.17 Å². The van der Waals surface area contributed by atoms with Crippen LogP contribution in [0.1, 0.15) is 5.76 Å². The van der Waals surface area contributed by atoms with Crippen LogP contribution in [0.5, 0.6) is 0 Å². The zero-order valence-electron chi connectivity index (χ0n) is 12.5. The molecule has 1 amide bonds. The fourth-order valence-electron chi connectivity index (χ4n) is 1.91. The molecular formula is C16H10ClN3O4S. The van der Waals surface area contributed by atoms with E-state index >= 15 is 0 Å². The van der Waals surface area contributed by atoms with Gasteiger partial charge in [-0.25, -0.2) is 4.99 Å². The molecule has 1 aromatic heterocycles. The Kier molecular flexibility index (Phi) is 5.01. The molecule has 126 valence electrons. The van der Waals surface area contributed by atoms with Gasteiger partial charge >= 0.3 is 5.88 Å². The van der Waals surface area contributed by atoms with Crippen molar-refractivity contribution in [2.24, 2.45) is 4.99 Å². The molecule has 0 atom stereocenters. The highest BCUT2D eigenvalue weighted by Gasteiger charge is 2.23. The molecule has 0 spiro atoms. The zero-order valence-corrected chi connectivity index (χ0v) is 14.1. The molecule has 1 fully saturated rings. The molecule has 0 radical (unpaired) electrons. The summed E-state index contributed by atoms with van der Waals surface area (Å²) in [5, 5.41) is 14.1. The Hall–Kier alpha value is -2.84. The number of hydrogen-bond acceptors (Lipinski definition) is 6. The van der Waals surface area contributed by atoms with Crippen molar-refractivity contribution >= 4 is 52.1 Å². The van der Waals surface area contributed by atoms with Gasteiger partial charge in [0.05, 0.1) is 21.7 Å². The summed E-state index contributed by atoms with van der Waals surface area (Å²) in [4.78, 5) is 26.6. The molecule has 25 heavy (non-hydrogen) atoms. The van der Waals surface area contributed by atoms with Crippen molar-refractivity contribution in [2.75, 3.05) is 0 Å². The Morgan fingerprint density at radius 3 is 2.80 bits per heavy atom. The van der Waals surface area contributed by atoms with Crippen molar-refractivity contribution in [2.45, 2.75) is 0 Å². The number of para-hydroxylation sites is 1. The monoisotopic (exact) mass is 375 g/mol. The van der Waals surface area contributed by atoms with Crippen molar-refractivity contribution in [1.29, 1.82) is 0 Å². The van der Waals surface area contributed by atoms with Crippen LogP contribution in [0, 0.1) is 10.1 Å². The van der Waals surface area contributed by atoms with Gasteiger partial charge in [0, 0.05) is 0 Å². The van der Waals surface area contributed by atoms with Gasteiger partial charge in [-0.2, -0.15) is 0 Å². The number of hydrogen-bond donors (Lipinski definition) is 1. The first-order valence-corrected chi connectivity index (χ1v) is 8.17. The third-order valence-corrected chi connectivity index (χ3v) is 4.27. The molecule has 1 aliphatic heterocycles. The summed E-state index contributed by atoms with van der Waals surface area (Å²) in [6.07, 6.45) is 4.67. The number of furan rings is 1. The van der Waals surface area contributed by atoms with Gasteiger partial charge in [-0.15, -0.1) is 0 Å². The van der Waals surface area contributed by atoms with Gasteiger partial charge < -0.3 is 9.73 Å². The second-order valence-electron chi connectivity index (χ2n) is 4.75. The molecule has 1 aromatic carbocycles. The van der Waals surface area contributed by atoms with Crippen molar-refractivity contribution in [1.82, 2.24) is 5.32 Å². The standard InChI is InChI=1S/C16H10ClN3O4S/c17-11-5-1-2-6-12(11)18-16-19-15(21)13(25-16)7-3-4-10-8-9-14(24-10)20(22)23/h1-9H,(H,18,19,21)/b4-3+,13-7+. The van der Waals surface area contributed by atoms with E-state index in [1.807, 2.05) is 0 Å². The van der Waals surface area contributed by atoms with E-state index in [0.717, 1.165) is 0 Å². The molecule has 9 heteroatoms. The highest BCUT2D eigenvalue weighted by atomic mass is 35.5. The fraction of sp³-hybridized carbons (Fsp3) is 0. The van der Waals surface area contributed by atoms with Crippen LogP contribution in [0.15, 0.2) is 62.9 Å². The normalized spacial score (nSPS) is 17.6. The summed E-state index contributed by atoms with van der Waals surface area (Å²) in [6, 6.07) is 9.78. The summed E-state index contributed by atoms with van der Waals surface area (Å²) in [7, 11) is 0. The van der Waals surface area contributed by atoms with Crippen LogP contribution < -0.4 is 5.32 Å². The average Bonchev–Trinajstić information content (AvgIpc) is 3.17. The van der Waals surface area contributed by atoms with Gasteiger partial charge in [-0.3, -0.25) is 14.9 Å². The molecule has 0 unspecified atom stereocenters. The van der Waals surface area contributed by atoms with Crippen LogP contribution in [0.2, 0.25) is 5.02 Å². The summed E-state index contributed by atoms with van der Waals surface area (Å²) in [5.41, 5.74) is 0.562. The van der Waals surface area contributed by atoms with Crippen LogP contribution in [0.4, 0.5) is 11.6 Å². The molecular weight excluding hydrogens is 366 g/mol. The Morgan fingerprint density at radius 1 is 1.28 bits per heavy atom. The molecule has 2 aromatic rings. The third-order valence-electron chi connectivity index (χ3n) is 3.03. The number of carbonyl (C=O) groups excluding carboxylic acids is 1. The van der Waals surface area contributed by atoms with Crippen molar-refractivity contribution in [3.05, 3.63) is 74.4 Å². The molecule has 1 saturated heterocycles. The van der Waals surface area contributed by atoms with Gasteiger partial charge in [0.1, 0.15) is 10.7 Å². The lowest BCUT2D eigenvalue weighted by molar-refractivity contribution is -0.402. The summed E-state index contributed by atoms with van der Waals surface area (Å²) < 4.78 is 4.99. The number of nitrogens with zero attached hydrogens (tertiary/aromatic N) is 2. The highest BCUT2D eigenvalue weighted by molar-refractivity contribution is 8.18. The van der Waals surface area contributed by atoms with E-state index in [4.69, 9.17) is 16.0 Å². The minimum absolute atomic E-state index is 0.286. The van der Waals surface area contributed by atoms with Gasteiger partial charge in [0.2, 0.25) is 0 Å². The van der Waals surface area contributed by atoms with Crippen LogP contribution in [0.25, 0.3) is 6.08 Å². The number of amides is 1. The molecule has 3 rings (SSSR count).